The Bertz CT molecular complexity index is 815. The van der Waals surface area contributed by atoms with Gasteiger partial charge in [0.2, 0.25) is 0 Å². The van der Waals surface area contributed by atoms with E-state index in [1.807, 2.05) is 7.05 Å². The highest BCUT2D eigenvalue weighted by molar-refractivity contribution is 6.06. The van der Waals surface area contributed by atoms with Gasteiger partial charge in [-0.05, 0) is 76.7 Å². The van der Waals surface area contributed by atoms with E-state index >= 15 is 0 Å². The normalized spacial score (nSPS) is 17.1. The fourth-order valence-electron chi connectivity index (χ4n) is 4.07. The Hall–Kier alpha value is -1.36. The number of aryl methyl sites for hydroxylation is 1. The van der Waals surface area contributed by atoms with Crippen LogP contribution in [0.15, 0.2) is 24.3 Å². The van der Waals surface area contributed by atoms with E-state index in [-0.39, 0.29) is 30.7 Å². The van der Waals surface area contributed by atoms with Crippen molar-refractivity contribution in [3.63, 3.8) is 0 Å². The molecule has 1 amide bonds. The van der Waals surface area contributed by atoms with Crippen LogP contribution in [0.3, 0.4) is 0 Å². The number of carbonyl (C=O) groups is 1. The highest BCUT2D eigenvalue weighted by atomic mass is 35.5. The Labute approximate surface area is 180 Å². The van der Waals surface area contributed by atoms with Gasteiger partial charge in [-0.25, -0.2) is 0 Å². The Morgan fingerprint density at radius 2 is 1.86 bits per heavy atom. The summed E-state index contributed by atoms with van der Waals surface area (Å²) in [5.74, 6) is 1.49. The number of halogens is 2. The van der Waals surface area contributed by atoms with Crippen molar-refractivity contribution in [3.05, 3.63) is 41.1 Å². The van der Waals surface area contributed by atoms with Crippen molar-refractivity contribution in [3.8, 4) is 0 Å². The molecule has 28 heavy (non-hydrogen) atoms. The molecule has 154 valence electrons. The zero-order valence-electron chi connectivity index (χ0n) is 16.7. The molecule has 1 aliphatic heterocycles. The Kier molecular flexibility index (Phi) is 8.11. The predicted molar refractivity (Wildman–Crippen MR) is 120 cm³/mol. The first-order valence-corrected chi connectivity index (χ1v) is 10.0. The molecule has 2 fully saturated rings. The summed E-state index contributed by atoms with van der Waals surface area (Å²) in [7, 11) is 2.01. The summed E-state index contributed by atoms with van der Waals surface area (Å²) < 4.78 is 0. The molecule has 0 radical (unpaired) electrons. The van der Waals surface area contributed by atoms with Crippen LogP contribution >= 0.6 is 24.8 Å². The van der Waals surface area contributed by atoms with Gasteiger partial charge in [-0.15, -0.1) is 24.8 Å². The number of hydrogen-bond acceptors (Lipinski definition) is 3. The highest BCUT2D eigenvalue weighted by Gasteiger charge is 2.29. The van der Waals surface area contributed by atoms with E-state index in [2.05, 4.69) is 41.4 Å². The van der Waals surface area contributed by atoms with Crippen LogP contribution in [0.25, 0.3) is 10.9 Å². The zero-order valence-corrected chi connectivity index (χ0v) is 18.4. The minimum Gasteiger partial charge on any atom is -0.339 e. The molecule has 6 heteroatoms. The molecular weight excluding hydrogens is 393 g/mol. The van der Waals surface area contributed by atoms with Gasteiger partial charge >= 0.3 is 0 Å². The molecule has 1 aromatic heterocycles. The van der Waals surface area contributed by atoms with Gasteiger partial charge in [0.15, 0.2) is 0 Å². The molecule has 4 nitrogen and oxygen atoms in total. The maximum absolute atomic E-state index is 13.3. The molecule has 1 aromatic carbocycles. The van der Waals surface area contributed by atoms with Crippen LogP contribution < -0.4 is 5.32 Å². The first kappa shape index (κ1) is 22.9. The largest absolute Gasteiger partial charge is 0.339 e. The summed E-state index contributed by atoms with van der Waals surface area (Å²) in [4.78, 5) is 20.2. The van der Waals surface area contributed by atoms with E-state index in [9.17, 15) is 4.79 Å². The molecule has 1 saturated heterocycles. The second-order valence-electron chi connectivity index (χ2n) is 8.02. The SMILES string of the molecule is CNCCC1CCN(C(=O)c2cc(C3CC3)nc3ccc(C)cc23)CC1.Cl.Cl. The average molecular weight is 424 g/mol. The molecule has 4 rings (SSSR count). The number of rotatable bonds is 5. The molecule has 1 N–H and O–H groups in total. The van der Waals surface area contributed by atoms with Crippen LogP contribution in [0, 0.1) is 12.8 Å². The first-order chi connectivity index (χ1) is 12.7. The lowest BCUT2D eigenvalue weighted by Gasteiger charge is -2.32. The van der Waals surface area contributed by atoms with Crippen LogP contribution in [0.1, 0.15) is 59.6 Å². The standard InChI is InChI=1S/C22H29N3O.2ClH/c1-15-3-6-20-18(13-15)19(14-21(24-20)17-4-5-17)22(26)25-11-8-16(9-12-25)7-10-23-2;;/h3,6,13-14,16-17,23H,4-5,7-12H2,1-2H3;2*1H. The average Bonchev–Trinajstić information content (AvgIpc) is 3.51. The quantitative estimate of drug-likeness (QED) is 0.755. The second kappa shape index (κ2) is 9.91. The van der Waals surface area contributed by atoms with Gasteiger partial charge in [-0.1, -0.05) is 11.6 Å². The van der Waals surface area contributed by atoms with E-state index in [0.717, 1.165) is 60.6 Å². The van der Waals surface area contributed by atoms with Gasteiger partial charge in [-0.2, -0.15) is 0 Å². The van der Waals surface area contributed by atoms with E-state index in [0.29, 0.717) is 5.92 Å². The van der Waals surface area contributed by atoms with Gasteiger partial charge in [-0.3, -0.25) is 9.78 Å². The van der Waals surface area contributed by atoms with Crippen molar-refractivity contribution < 1.29 is 4.79 Å². The molecule has 2 heterocycles. The first-order valence-electron chi connectivity index (χ1n) is 10.0. The molecule has 1 saturated carbocycles. The monoisotopic (exact) mass is 423 g/mol. The fraction of sp³-hybridized carbons (Fsp3) is 0.545. The van der Waals surface area contributed by atoms with Crippen molar-refractivity contribution in [1.29, 1.82) is 0 Å². The maximum atomic E-state index is 13.3. The smallest absolute Gasteiger partial charge is 0.254 e. The number of fused-ring (bicyclic) bond motifs is 1. The number of nitrogens with one attached hydrogen (secondary N) is 1. The van der Waals surface area contributed by atoms with E-state index in [1.165, 1.54) is 24.8 Å². The topological polar surface area (TPSA) is 45.2 Å². The second-order valence-corrected chi connectivity index (χ2v) is 8.02. The maximum Gasteiger partial charge on any atom is 0.254 e. The lowest BCUT2D eigenvalue weighted by Crippen LogP contribution is -2.39. The van der Waals surface area contributed by atoms with Crippen LogP contribution in [0.2, 0.25) is 0 Å². The van der Waals surface area contributed by atoms with Gasteiger partial charge in [0.1, 0.15) is 0 Å². The number of carbonyl (C=O) groups excluding carboxylic acids is 1. The fourth-order valence-corrected chi connectivity index (χ4v) is 4.07. The Morgan fingerprint density at radius 3 is 2.50 bits per heavy atom. The molecule has 1 aliphatic carbocycles. The van der Waals surface area contributed by atoms with Gasteiger partial charge in [0.05, 0.1) is 11.1 Å². The number of pyridine rings is 1. The van der Waals surface area contributed by atoms with Crippen molar-refractivity contribution in [2.24, 2.45) is 5.92 Å². The summed E-state index contributed by atoms with van der Waals surface area (Å²) in [6.45, 7) is 4.90. The van der Waals surface area contributed by atoms with E-state index in [1.54, 1.807) is 0 Å². The number of hydrogen-bond donors (Lipinski definition) is 1. The Balaban J connectivity index is 0.00000140. The molecule has 0 unspecified atom stereocenters. The number of amides is 1. The van der Waals surface area contributed by atoms with Crippen molar-refractivity contribution in [1.82, 2.24) is 15.2 Å². The third-order valence-corrected chi connectivity index (χ3v) is 5.91. The minimum atomic E-state index is 0. The molecular formula is C22H31Cl2N3O. The summed E-state index contributed by atoms with van der Waals surface area (Å²) in [6, 6.07) is 8.35. The molecule has 0 bridgehead atoms. The number of likely N-dealkylation sites (tertiary alicyclic amines) is 1. The molecule has 0 atom stereocenters. The molecule has 2 aromatic rings. The number of aromatic nitrogens is 1. The van der Waals surface area contributed by atoms with Gasteiger partial charge < -0.3 is 10.2 Å². The Morgan fingerprint density at radius 1 is 1.14 bits per heavy atom. The van der Waals surface area contributed by atoms with E-state index in [4.69, 9.17) is 4.98 Å². The summed E-state index contributed by atoms with van der Waals surface area (Å²) in [5.41, 5.74) is 4.11. The van der Waals surface area contributed by atoms with Gasteiger partial charge in [0, 0.05) is 30.1 Å². The number of piperidine rings is 1. The number of nitrogens with zero attached hydrogens (tertiary/aromatic N) is 2. The highest BCUT2D eigenvalue weighted by Crippen LogP contribution is 2.40. The lowest BCUT2D eigenvalue weighted by atomic mass is 9.93. The van der Waals surface area contributed by atoms with Crippen LogP contribution in [0.5, 0.6) is 0 Å². The van der Waals surface area contributed by atoms with E-state index < -0.39 is 0 Å². The van der Waals surface area contributed by atoms with Crippen LogP contribution in [-0.2, 0) is 0 Å². The van der Waals surface area contributed by atoms with Gasteiger partial charge in [0.25, 0.3) is 5.91 Å². The minimum absolute atomic E-state index is 0. The third-order valence-electron chi connectivity index (χ3n) is 5.91. The zero-order chi connectivity index (χ0) is 18.1. The third kappa shape index (κ3) is 4.97. The predicted octanol–water partition coefficient (Wildman–Crippen LogP) is 4.73. The summed E-state index contributed by atoms with van der Waals surface area (Å²) >= 11 is 0. The van der Waals surface area contributed by atoms with Crippen molar-refractivity contribution in [2.45, 2.75) is 44.9 Å². The number of benzene rings is 1. The summed E-state index contributed by atoms with van der Waals surface area (Å²) in [5, 5.41) is 4.25. The summed E-state index contributed by atoms with van der Waals surface area (Å²) in [6.07, 6.45) is 5.85. The molecule has 0 spiro atoms. The van der Waals surface area contributed by atoms with Crippen LogP contribution in [-0.4, -0.2) is 42.5 Å². The molecule has 2 aliphatic rings. The van der Waals surface area contributed by atoms with Crippen molar-refractivity contribution >= 4 is 41.6 Å². The van der Waals surface area contributed by atoms with Crippen LogP contribution in [0.4, 0.5) is 0 Å². The lowest BCUT2D eigenvalue weighted by molar-refractivity contribution is 0.0689. The van der Waals surface area contributed by atoms with Crippen molar-refractivity contribution in [2.75, 3.05) is 26.7 Å².